The topological polar surface area (TPSA) is 33.0 Å². The van der Waals surface area contributed by atoms with Gasteiger partial charge in [0.05, 0.1) is 24.6 Å². The highest BCUT2D eigenvalue weighted by atomic mass is 35.5. The summed E-state index contributed by atoms with van der Waals surface area (Å²) in [5.41, 5.74) is 1.81. The molecule has 0 radical (unpaired) electrons. The first kappa shape index (κ1) is 13.4. The predicted octanol–water partition coefficient (Wildman–Crippen LogP) is 4.22. The van der Waals surface area contributed by atoms with Crippen LogP contribution >= 0.6 is 11.6 Å². The third-order valence-electron chi connectivity index (χ3n) is 2.81. The smallest absolute Gasteiger partial charge is 0.149 e. The van der Waals surface area contributed by atoms with Crippen LogP contribution in [0.2, 0.25) is 5.02 Å². The van der Waals surface area contributed by atoms with E-state index in [9.17, 15) is 4.39 Å². The number of halogens is 2. The number of hydrogen-bond acceptors (Lipinski definition) is 2. The Labute approximate surface area is 116 Å². The summed E-state index contributed by atoms with van der Waals surface area (Å²) >= 11 is 5.77. The van der Waals surface area contributed by atoms with E-state index in [4.69, 9.17) is 21.6 Å². The number of nitrogens with zero attached hydrogens (tertiary/aromatic N) is 1. The van der Waals surface area contributed by atoms with Crippen LogP contribution in [0.15, 0.2) is 36.4 Å². The second-order valence-corrected chi connectivity index (χ2v) is 4.37. The molecule has 2 aromatic carbocycles. The maximum absolute atomic E-state index is 14.0. The Morgan fingerprint density at radius 1 is 1.32 bits per heavy atom. The Kier molecular flexibility index (Phi) is 4.03. The van der Waals surface area contributed by atoms with E-state index in [2.05, 4.69) is 6.07 Å². The minimum Gasteiger partial charge on any atom is -0.496 e. The fourth-order valence-electron chi connectivity index (χ4n) is 1.90. The molecule has 0 amide bonds. The van der Waals surface area contributed by atoms with Crippen LogP contribution in [0.1, 0.15) is 5.56 Å². The largest absolute Gasteiger partial charge is 0.496 e. The van der Waals surface area contributed by atoms with E-state index in [1.807, 2.05) is 0 Å². The number of ether oxygens (including phenoxy) is 1. The number of rotatable bonds is 3. The van der Waals surface area contributed by atoms with E-state index in [0.717, 1.165) is 5.56 Å². The first-order valence-electron chi connectivity index (χ1n) is 5.65. The first-order valence-corrected chi connectivity index (χ1v) is 6.03. The van der Waals surface area contributed by atoms with Crippen molar-refractivity contribution < 1.29 is 9.13 Å². The summed E-state index contributed by atoms with van der Waals surface area (Å²) in [5.74, 6) is 0.157. The normalized spacial score (nSPS) is 10.0. The minimum absolute atomic E-state index is 0.0788. The summed E-state index contributed by atoms with van der Waals surface area (Å²) in [6, 6.07) is 12.1. The van der Waals surface area contributed by atoms with Gasteiger partial charge in [0.2, 0.25) is 0 Å². The molecule has 0 N–H and O–H groups in total. The molecule has 2 nitrogen and oxygen atoms in total. The summed E-state index contributed by atoms with van der Waals surface area (Å²) < 4.78 is 19.1. The maximum Gasteiger partial charge on any atom is 0.149 e. The highest BCUT2D eigenvalue weighted by Gasteiger charge is 2.11. The van der Waals surface area contributed by atoms with E-state index < -0.39 is 5.82 Å². The molecule has 0 unspecified atom stereocenters. The Morgan fingerprint density at radius 2 is 2.11 bits per heavy atom. The molecular formula is C15H11ClFNO. The molecule has 0 heterocycles. The van der Waals surface area contributed by atoms with Crippen molar-refractivity contribution in [2.45, 2.75) is 6.42 Å². The molecule has 0 aliphatic carbocycles. The van der Waals surface area contributed by atoms with Crippen molar-refractivity contribution in [3.8, 4) is 22.9 Å². The average Bonchev–Trinajstić information content (AvgIpc) is 2.42. The molecule has 4 heteroatoms. The van der Waals surface area contributed by atoms with Gasteiger partial charge in [-0.15, -0.1) is 0 Å². The zero-order valence-corrected chi connectivity index (χ0v) is 11.0. The van der Waals surface area contributed by atoms with Gasteiger partial charge in [-0.2, -0.15) is 5.26 Å². The lowest BCUT2D eigenvalue weighted by Gasteiger charge is -2.10. The Hall–Kier alpha value is -2.05. The summed E-state index contributed by atoms with van der Waals surface area (Å²) in [5, 5.41) is 8.88. The lowest BCUT2D eigenvalue weighted by Crippen LogP contribution is -1.93. The standard InChI is InChI=1S/C15H11ClFNO/c1-19-14-6-5-10(9-11(14)7-8-18)12-3-2-4-13(16)15(12)17/h2-6,9H,7H2,1H3. The molecular weight excluding hydrogens is 265 g/mol. The third-order valence-corrected chi connectivity index (χ3v) is 3.10. The molecule has 0 aromatic heterocycles. The predicted molar refractivity (Wildman–Crippen MR) is 72.7 cm³/mol. The van der Waals surface area contributed by atoms with Crippen molar-refractivity contribution in [3.05, 3.63) is 52.8 Å². The van der Waals surface area contributed by atoms with Crippen LogP contribution in [-0.4, -0.2) is 7.11 Å². The summed E-state index contributed by atoms with van der Waals surface area (Å²) in [7, 11) is 1.54. The third kappa shape index (κ3) is 2.69. The Bertz CT molecular complexity index is 649. The van der Waals surface area contributed by atoms with Gasteiger partial charge >= 0.3 is 0 Å². The van der Waals surface area contributed by atoms with Crippen LogP contribution in [0.4, 0.5) is 4.39 Å². The molecule has 0 bridgehead atoms. The van der Waals surface area contributed by atoms with Crippen molar-refractivity contribution in [3.63, 3.8) is 0 Å². The highest BCUT2D eigenvalue weighted by molar-refractivity contribution is 6.31. The minimum atomic E-state index is -0.461. The van der Waals surface area contributed by atoms with Gasteiger partial charge in [0.1, 0.15) is 11.6 Å². The van der Waals surface area contributed by atoms with Crippen molar-refractivity contribution in [2.75, 3.05) is 7.11 Å². The highest BCUT2D eigenvalue weighted by Crippen LogP contribution is 2.31. The van der Waals surface area contributed by atoms with Crippen LogP contribution < -0.4 is 4.74 Å². The summed E-state index contributed by atoms with van der Waals surface area (Å²) in [6.45, 7) is 0. The van der Waals surface area contributed by atoms with E-state index in [0.29, 0.717) is 16.9 Å². The quantitative estimate of drug-likeness (QED) is 0.840. The molecule has 0 saturated heterocycles. The van der Waals surface area contributed by atoms with E-state index in [1.165, 1.54) is 13.2 Å². The SMILES string of the molecule is COc1ccc(-c2cccc(Cl)c2F)cc1CC#N. The van der Waals surface area contributed by atoms with Crippen molar-refractivity contribution in [1.29, 1.82) is 5.26 Å². The molecule has 0 aliphatic rings. The molecule has 2 rings (SSSR count). The van der Waals surface area contributed by atoms with Crippen LogP contribution in [0.25, 0.3) is 11.1 Å². The lowest BCUT2D eigenvalue weighted by molar-refractivity contribution is 0.411. The van der Waals surface area contributed by atoms with Crippen LogP contribution in [0, 0.1) is 17.1 Å². The summed E-state index contributed by atoms with van der Waals surface area (Å²) in [6.07, 6.45) is 0.208. The lowest BCUT2D eigenvalue weighted by atomic mass is 10.0. The molecule has 0 fully saturated rings. The van der Waals surface area contributed by atoms with Crippen molar-refractivity contribution in [2.24, 2.45) is 0 Å². The van der Waals surface area contributed by atoms with Gasteiger partial charge in [0.15, 0.2) is 0 Å². The van der Waals surface area contributed by atoms with Crippen LogP contribution in [-0.2, 0) is 6.42 Å². The Balaban J connectivity index is 2.54. The number of methoxy groups -OCH3 is 1. The fraction of sp³-hybridized carbons (Fsp3) is 0.133. The Morgan fingerprint density at radius 3 is 2.79 bits per heavy atom. The molecule has 0 saturated carbocycles. The average molecular weight is 276 g/mol. The van der Waals surface area contributed by atoms with Crippen LogP contribution in [0.5, 0.6) is 5.75 Å². The number of hydrogen-bond donors (Lipinski definition) is 0. The van der Waals surface area contributed by atoms with Gasteiger partial charge < -0.3 is 4.74 Å². The van der Waals surface area contributed by atoms with Gasteiger partial charge in [-0.1, -0.05) is 29.8 Å². The molecule has 2 aromatic rings. The second-order valence-electron chi connectivity index (χ2n) is 3.96. The molecule has 19 heavy (non-hydrogen) atoms. The maximum atomic E-state index is 14.0. The van der Waals surface area contributed by atoms with E-state index >= 15 is 0 Å². The van der Waals surface area contributed by atoms with Gasteiger partial charge in [-0.05, 0) is 23.8 Å². The molecule has 0 spiro atoms. The van der Waals surface area contributed by atoms with Gasteiger partial charge in [-0.25, -0.2) is 4.39 Å². The first-order chi connectivity index (χ1) is 9.17. The van der Waals surface area contributed by atoms with Gasteiger partial charge in [-0.3, -0.25) is 0 Å². The molecule has 96 valence electrons. The zero-order valence-electron chi connectivity index (χ0n) is 10.3. The zero-order chi connectivity index (χ0) is 13.8. The van der Waals surface area contributed by atoms with Crippen molar-refractivity contribution in [1.82, 2.24) is 0 Å². The van der Waals surface area contributed by atoms with E-state index in [1.54, 1.807) is 30.3 Å². The molecule has 0 atom stereocenters. The van der Waals surface area contributed by atoms with Crippen LogP contribution in [0.3, 0.4) is 0 Å². The number of nitriles is 1. The molecule has 0 aliphatic heterocycles. The number of benzene rings is 2. The monoisotopic (exact) mass is 275 g/mol. The van der Waals surface area contributed by atoms with E-state index in [-0.39, 0.29) is 11.4 Å². The fourth-order valence-corrected chi connectivity index (χ4v) is 2.07. The summed E-state index contributed by atoms with van der Waals surface area (Å²) in [4.78, 5) is 0. The van der Waals surface area contributed by atoms with Gasteiger partial charge in [0, 0.05) is 11.1 Å². The second kappa shape index (κ2) is 5.73. The van der Waals surface area contributed by atoms with Gasteiger partial charge in [0.25, 0.3) is 0 Å². The van der Waals surface area contributed by atoms with Crippen molar-refractivity contribution >= 4 is 11.6 Å².